The second-order valence-electron chi connectivity index (χ2n) is 11.0. The minimum atomic E-state index is -2.52. The van der Waals surface area contributed by atoms with Crippen LogP contribution in [0.2, 0.25) is 6.04 Å². The summed E-state index contributed by atoms with van der Waals surface area (Å²) in [6.07, 6.45) is 25.8. The van der Waals surface area contributed by atoms with Crippen LogP contribution in [0.15, 0.2) is 0 Å². The molecule has 0 saturated carbocycles. The zero-order valence-corrected chi connectivity index (χ0v) is 25.6. The van der Waals surface area contributed by atoms with Crippen LogP contribution in [0.1, 0.15) is 143 Å². The summed E-state index contributed by atoms with van der Waals surface area (Å²) in [5.74, 6) is 0. The van der Waals surface area contributed by atoms with Crippen molar-refractivity contribution in [2.45, 2.75) is 149 Å². The average Bonchev–Trinajstić information content (AvgIpc) is 3.32. The average molecular weight is 515 g/mol. The van der Waals surface area contributed by atoms with Gasteiger partial charge in [0.1, 0.15) is 0 Å². The van der Waals surface area contributed by atoms with Crippen molar-refractivity contribution in [1.29, 1.82) is 0 Å². The highest BCUT2D eigenvalue weighted by molar-refractivity contribution is 6.60. The summed E-state index contributed by atoms with van der Waals surface area (Å²) >= 11 is 0. The van der Waals surface area contributed by atoms with Crippen LogP contribution in [-0.2, 0) is 13.3 Å². The van der Waals surface area contributed by atoms with Gasteiger partial charge in [-0.1, -0.05) is 96.8 Å². The van der Waals surface area contributed by atoms with Crippen LogP contribution in [0.5, 0.6) is 0 Å². The SMILES string of the molecule is CCCCCCCCCCCCCCCCCC[N+]1(CC[Si](OCC)(OCC)OCC)CCCC1. The maximum atomic E-state index is 6.13. The normalized spacial score (nSPS) is 15.8. The third-order valence-corrected chi connectivity index (χ3v) is 11.0. The quantitative estimate of drug-likeness (QED) is 0.0655. The van der Waals surface area contributed by atoms with Crippen LogP contribution in [0, 0.1) is 0 Å². The molecule has 1 aliphatic heterocycles. The van der Waals surface area contributed by atoms with E-state index in [1.165, 1.54) is 146 Å². The molecule has 0 aromatic carbocycles. The molecule has 1 heterocycles. The number of unbranched alkanes of at least 4 members (excludes halogenated alkanes) is 15. The number of likely N-dealkylation sites (tertiary alicyclic amines) is 1. The second-order valence-corrected chi connectivity index (χ2v) is 13.7. The minimum Gasteiger partial charge on any atom is -0.374 e. The predicted molar refractivity (Wildman–Crippen MR) is 154 cm³/mol. The van der Waals surface area contributed by atoms with Gasteiger partial charge >= 0.3 is 8.80 Å². The first-order valence-electron chi connectivity index (χ1n) is 15.9. The Hall–Kier alpha value is 0.0569. The maximum Gasteiger partial charge on any atom is 0.506 e. The Bertz CT molecular complexity index is 440. The lowest BCUT2D eigenvalue weighted by atomic mass is 10.0. The Labute approximate surface area is 221 Å². The van der Waals surface area contributed by atoms with Crippen molar-refractivity contribution in [3.05, 3.63) is 0 Å². The van der Waals surface area contributed by atoms with Crippen molar-refractivity contribution in [3.63, 3.8) is 0 Å². The summed E-state index contributed by atoms with van der Waals surface area (Å²) in [6, 6.07) is 0.974. The van der Waals surface area contributed by atoms with E-state index in [-0.39, 0.29) is 0 Å². The van der Waals surface area contributed by atoms with Gasteiger partial charge in [-0.3, -0.25) is 0 Å². The van der Waals surface area contributed by atoms with Gasteiger partial charge in [0.05, 0.1) is 32.2 Å². The van der Waals surface area contributed by atoms with Gasteiger partial charge in [0.15, 0.2) is 0 Å². The van der Waals surface area contributed by atoms with Crippen molar-refractivity contribution in [2.24, 2.45) is 0 Å². The number of rotatable bonds is 26. The van der Waals surface area contributed by atoms with E-state index >= 15 is 0 Å². The molecular weight excluding hydrogens is 450 g/mol. The van der Waals surface area contributed by atoms with Crippen molar-refractivity contribution >= 4 is 8.80 Å². The van der Waals surface area contributed by atoms with Gasteiger partial charge in [-0.05, 0) is 33.6 Å². The minimum absolute atomic E-state index is 0.686. The lowest BCUT2D eigenvalue weighted by Gasteiger charge is -2.37. The van der Waals surface area contributed by atoms with Crippen molar-refractivity contribution < 1.29 is 17.8 Å². The summed E-state index contributed by atoms with van der Waals surface area (Å²) < 4.78 is 19.7. The summed E-state index contributed by atoms with van der Waals surface area (Å²) in [5.41, 5.74) is 0. The molecule has 0 aromatic heterocycles. The first-order valence-corrected chi connectivity index (χ1v) is 17.9. The molecule has 0 aromatic rings. The molecule has 0 N–H and O–H groups in total. The lowest BCUT2D eigenvalue weighted by molar-refractivity contribution is -0.915. The molecule has 0 bridgehead atoms. The van der Waals surface area contributed by atoms with E-state index in [0.29, 0.717) is 19.8 Å². The predicted octanol–water partition coefficient (Wildman–Crippen LogP) is 8.91. The number of hydrogen-bond donors (Lipinski definition) is 0. The third kappa shape index (κ3) is 15.8. The molecule has 0 amide bonds. The fraction of sp³-hybridized carbons (Fsp3) is 1.00. The number of hydrogen-bond acceptors (Lipinski definition) is 3. The molecule has 1 aliphatic rings. The molecule has 0 spiro atoms. The molecule has 1 fully saturated rings. The largest absolute Gasteiger partial charge is 0.506 e. The third-order valence-electron chi connectivity index (χ3n) is 7.99. The van der Waals surface area contributed by atoms with Crippen molar-refractivity contribution in [3.8, 4) is 0 Å². The van der Waals surface area contributed by atoms with Gasteiger partial charge in [-0.2, -0.15) is 0 Å². The molecule has 4 nitrogen and oxygen atoms in total. The van der Waals surface area contributed by atoms with Gasteiger partial charge in [0.25, 0.3) is 0 Å². The first-order chi connectivity index (χ1) is 17.2. The van der Waals surface area contributed by atoms with Crippen LogP contribution in [0.3, 0.4) is 0 Å². The zero-order valence-electron chi connectivity index (χ0n) is 24.6. The molecule has 0 radical (unpaired) electrons. The standard InChI is InChI=1S/C30H64NO3Si/c1-5-9-10-11-12-13-14-15-16-17-18-19-20-21-22-23-26-31(27-24-25-28-31)29-30-35(32-6-2,33-7-3)34-8-4/h5-30H2,1-4H3/q+1. The van der Waals surface area contributed by atoms with Crippen LogP contribution >= 0.6 is 0 Å². The van der Waals surface area contributed by atoms with Gasteiger partial charge < -0.3 is 17.8 Å². The van der Waals surface area contributed by atoms with Gasteiger partial charge in [-0.25, -0.2) is 0 Å². The topological polar surface area (TPSA) is 27.7 Å². The van der Waals surface area contributed by atoms with Crippen LogP contribution in [0.4, 0.5) is 0 Å². The fourth-order valence-corrected chi connectivity index (χ4v) is 8.69. The summed E-state index contributed by atoms with van der Waals surface area (Å²) in [6.45, 7) is 15.8. The smallest absolute Gasteiger partial charge is 0.374 e. The van der Waals surface area contributed by atoms with Crippen LogP contribution in [0.25, 0.3) is 0 Å². The second kappa shape index (κ2) is 22.1. The van der Waals surface area contributed by atoms with E-state index in [1.807, 2.05) is 0 Å². The van der Waals surface area contributed by atoms with Crippen molar-refractivity contribution in [2.75, 3.05) is 46.0 Å². The van der Waals surface area contributed by atoms with E-state index in [2.05, 4.69) is 27.7 Å². The molecule has 5 heteroatoms. The molecule has 1 saturated heterocycles. The summed E-state index contributed by atoms with van der Waals surface area (Å²) in [5, 5.41) is 0. The monoisotopic (exact) mass is 514 g/mol. The maximum absolute atomic E-state index is 6.13. The molecular formula is C30H64NO3Si+. The molecule has 35 heavy (non-hydrogen) atoms. The lowest BCUT2D eigenvalue weighted by Crippen LogP contribution is -2.53. The molecule has 0 aliphatic carbocycles. The van der Waals surface area contributed by atoms with Crippen LogP contribution < -0.4 is 0 Å². The van der Waals surface area contributed by atoms with Crippen LogP contribution in [-0.4, -0.2) is 59.3 Å². The molecule has 0 atom stereocenters. The first kappa shape index (κ1) is 33.1. The number of quaternary nitrogens is 1. The zero-order chi connectivity index (χ0) is 25.5. The summed E-state index contributed by atoms with van der Waals surface area (Å²) in [7, 11) is -2.52. The Kier molecular flexibility index (Phi) is 20.9. The highest BCUT2D eigenvalue weighted by Gasteiger charge is 2.44. The van der Waals surface area contributed by atoms with E-state index in [1.54, 1.807) is 0 Å². The highest BCUT2D eigenvalue weighted by Crippen LogP contribution is 2.26. The van der Waals surface area contributed by atoms with E-state index in [0.717, 1.165) is 6.04 Å². The van der Waals surface area contributed by atoms with Gasteiger partial charge in [0.2, 0.25) is 0 Å². The fourth-order valence-electron chi connectivity index (χ4n) is 5.94. The Morgan fingerprint density at radius 3 is 1.23 bits per heavy atom. The number of nitrogens with zero attached hydrogens (tertiary/aromatic N) is 1. The summed E-state index contributed by atoms with van der Waals surface area (Å²) in [4.78, 5) is 0. The van der Waals surface area contributed by atoms with E-state index < -0.39 is 8.80 Å². The van der Waals surface area contributed by atoms with Gasteiger partial charge in [0, 0.05) is 32.7 Å². The molecule has 210 valence electrons. The Morgan fingerprint density at radius 1 is 0.486 bits per heavy atom. The van der Waals surface area contributed by atoms with E-state index in [4.69, 9.17) is 13.3 Å². The van der Waals surface area contributed by atoms with Gasteiger partial charge in [-0.15, -0.1) is 0 Å². The Balaban J connectivity index is 2.11. The molecule has 0 unspecified atom stereocenters. The highest BCUT2D eigenvalue weighted by atomic mass is 28.4. The van der Waals surface area contributed by atoms with E-state index in [9.17, 15) is 0 Å². The molecule has 1 rings (SSSR count). The Morgan fingerprint density at radius 2 is 0.857 bits per heavy atom. The van der Waals surface area contributed by atoms with Crippen molar-refractivity contribution in [1.82, 2.24) is 0 Å².